The van der Waals surface area contributed by atoms with Crippen molar-refractivity contribution < 1.29 is 31.5 Å². The van der Waals surface area contributed by atoms with Gasteiger partial charge in [-0.25, -0.2) is 8.78 Å². The first-order valence-corrected chi connectivity index (χ1v) is 12.6. The molecule has 0 spiro atoms. The molecule has 8 nitrogen and oxygen atoms in total. The molecule has 41 heavy (non-hydrogen) atoms. The minimum absolute atomic E-state index is 0.0208. The van der Waals surface area contributed by atoms with Crippen LogP contribution >= 0.6 is 0 Å². The van der Waals surface area contributed by atoms with Crippen molar-refractivity contribution in [1.29, 1.82) is 0 Å². The number of nitrogens with zero attached hydrogens (tertiary/aromatic N) is 2. The minimum Gasteiger partial charge on any atom is -0.367 e. The zero-order chi connectivity index (χ0) is 30.2. The van der Waals surface area contributed by atoms with E-state index in [1.54, 1.807) is 0 Å². The van der Waals surface area contributed by atoms with Crippen LogP contribution in [0.4, 0.5) is 33.3 Å². The van der Waals surface area contributed by atoms with Crippen LogP contribution in [0.3, 0.4) is 0 Å². The van der Waals surface area contributed by atoms with Crippen LogP contribution < -0.4 is 21.1 Å². The molecule has 2 atom stereocenters. The number of benzene rings is 2. The van der Waals surface area contributed by atoms with E-state index in [9.17, 15) is 31.9 Å². The molecule has 0 bridgehead atoms. The average molecular weight is 578 g/mol. The molecule has 0 aliphatic carbocycles. The Labute approximate surface area is 232 Å². The molecule has 3 N–H and O–H groups in total. The second kappa shape index (κ2) is 11.3. The normalized spacial score (nSPS) is 17.8. The molecule has 1 saturated heterocycles. The number of hydrogen-bond donors (Lipinski definition) is 3. The number of carbonyl (C=O) groups excluding carboxylic acids is 2. The number of aromatic amines is 1. The van der Waals surface area contributed by atoms with Crippen LogP contribution in [-0.4, -0.2) is 61.0 Å². The number of pyridine rings is 1. The van der Waals surface area contributed by atoms with Gasteiger partial charge in [0, 0.05) is 50.0 Å². The molecule has 218 valence electrons. The van der Waals surface area contributed by atoms with E-state index in [-0.39, 0.29) is 46.2 Å². The van der Waals surface area contributed by atoms with Gasteiger partial charge in [0.2, 0.25) is 5.56 Å². The molecular formula is C28H28F5N5O3. The predicted molar refractivity (Wildman–Crippen MR) is 144 cm³/mol. The fourth-order valence-corrected chi connectivity index (χ4v) is 4.83. The molecule has 2 heterocycles. The molecule has 1 aromatic heterocycles. The summed E-state index contributed by atoms with van der Waals surface area (Å²) in [6.45, 7) is 4.76. The highest BCUT2D eigenvalue weighted by atomic mass is 19.4. The van der Waals surface area contributed by atoms with Gasteiger partial charge in [-0.15, -0.1) is 0 Å². The first kappa shape index (κ1) is 29.7. The molecular weight excluding hydrogens is 549 g/mol. The van der Waals surface area contributed by atoms with Crippen molar-refractivity contribution in [2.75, 3.05) is 37.4 Å². The molecule has 1 fully saturated rings. The summed E-state index contributed by atoms with van der Waals surface area (Å²) in [5, 5.41) is 4.75. The molecule has 1 aliphatic rings. The molecule has 2 aromatic carbocycles. The van der Waals surface area contributed by atoms with Crippen LogP contribution in [-0.2, 0) is 6.18 Å². The second-order valence-electron chi connectivity index (χ2n) is 9.97. The van der Waals surface area contributed by atoms with Crippen molar-refractivity contribution in [1.82, 2.24) is 15.2 Å². The lowest BCUT2D eigenvalue weighted by Gasteiger charge is -2.44. The number of hydrogen-bond acceptors (Lipinski definition) is 5. The molecule has 2 unspecified atom stereocenters. The molecule has 2 amide bonds. The van der Waals surface area contributed by atoms with Crippen LogP contribution in [0.5, 0.6) is 0 Å². The Morgan fingerprint density at radius 2 is 1.61 bits per heavy atom. The Balaban J connectivity index is 1.83. The van der Waals surface area contributed by atoms with Crippen molar-refractivity contribution >= 4 is 23.2 Å². The highest BCUT2D eigenvalue weighted by Gasteiger charge is 2.36. The van der Waals surface area contributed by atoms with E-state index < -0.39 is 46.3 Å². The fraction of sp³-hybridized carbons (Fsp3) is 0.321. The molecule has 1 aliphatic heterocycles. The van der Waals surface area contributed by atoms with Gasteiger partial charge in [-0.3, -0.25) is 19.3 Å². The van der Waals surface area contributed by atoms with Crippen LogP contribution in [0, 0.1) is 11.6 Å². The van der Waals surface area contributed by atoms with E-state index >= 15 is 4.39 Å². The highest BCUT2D eigenvalue weighted by molar-refractivity contribution is 6.07. The van der Waals surface area contributed by atoms with E-state index in [1.165, 1.54) is 25.2 Å². The maximum atomic E-state index is 15.6. The van der Waals surface area contributed by atoms with E-state index in [2.05, 4.69) is 20.5 Å². The monoisotopic (exact) mass is 577 g/mol. The lowest BCUT2D eigenvalue weighted by Crippen LogP contribution is -2.55. The standard InChI is InChI=1S/C28H28F5N5O3/c1-14-12-38(13-15(2)37(14)4)24-10-22(30)18(16-5-6-17(21(29)7-16)26(40)34-3)8-23(24)36-27(41)19-11-35-25(39)9-20(19)28(31,32)33/h5-11,14-15H,12-13H2,1-4H3,(H,34,40)(H,35,39)(H,36,41). The lowest BCUT2D eigenvalue weighted by molar-refractivity contribution is -0.138. The Morgan fingerprint density at radius 1 is 0.951 bits per heavy atom. The zero-order valence-corrected chi connectivity index (χ0v) is 22.6. The SMILES string of the molecule is CNC(=O)c1ccc(-c2cc(NC(=O)c3c[nH]c(=O)cc3C(F)(F)F)c(N3CC(C)N(C)C(C)C3)cc2F)cc1F. The summed E-state index contributed by atoms with van der Waals surface area (Å²) in [6.07, 6.45) is -4.33. The van der Waals surface area contributed by atoms with Gasteiger partial charge in [-0.05, 0) is 50.7 Å². The number of anilines is 2. The van der Waals surface area contributed by atoms with Crippen molar-refractivity contribution in [3.63, 3.8) is 0 Å². The third-order valence-electron chi connectivity index (χ3n) is 7.26. The van der Waals surface area contributed by atoms with E-state index in [0.29, 0.717) is 19.3 Å². The van der Waals surface area contributed by atoms with Gasteiger partial charge in [-0.1, -0.05) is 6.07 Å². The van der Waals surface area contributed by atoms with E-state index in [0.717, 1.165) is 12.1 Å². The van der Waals surface area contributed by atoms with Gasteiger partial charge < -0.3 is 20.5 Å². The predicted octanol–water partition coefficient (Wildman–Crippen LogP) is 4.48. The molecule has 13 heteroatoms. The number of likely N-dealkylation sites (N-methyl/N-ethyl adjacent to an activating group) is 1. The van der Waals surface area contributed by atoms with Gasteiger partial charge >= 0.3 is 6.18 Å². The molecule has 4 rings (SSSR count). The third kappa shape index (κ3) is 6.09. The summed E-state index contributed by atoms with van der Waals surface area (Å²) < 4.78 is 71.3. The molecule has 3 aromatic rings. The number of alkyl halides is 3. The van der Waals surface area contributed by atoms with Crippen LogP contribution in [0.25, 0.3) is 11.1 Å². The van der Waals surface area contributed by atoms with Crippen molar-refractivity contribution in [2.45, 2.75) is 32.1 Å². The Hall–Kier alpha value is -4.26. The largest absolute Gasteiger partial charge is 0.417 e. The number of nitrogens with one attached hydrogen (secondary N) is 3. The summed E-state index contributed by atoms with van der Waals surface area (Å²) in [6, 6.07) is 6.13. The van der Waals surface area contributed by atoms with Crippen LogP contribution in [0.2, 0.25) is 0 Å². The number of H-pyrrole nitrogens is 1. The number of aromatic nitrogens is 1. The topological polar surface area (TPSA) is 97.5 Å². The van der Waals surface area contributed by atoms with Gasteiger partial charge in [0.25, 0.3) is 11.8 Å². The summed E-state index contributed by atoms with van der Waals surface area (Å²) in [5.74, 6) is -3.56. The van der Waals surface area contributed by atoms with Gasteiger partial charge in [-0.2, -0.15) is 13.2 Å². The summed E-state index contributed by atoms with van der Waals surface area (Å²) in [4.78, 5) is 42.7. The summed E-state index contributed by atoms with van der Waals surface area (Å²) in [5.41, 5.74) is -3.50. The van der Waals surface area contributed by atoms with Crippen LogP contribution in [0.1, 0.15) is 40.1 Å². The second-order valence-corrected chi connectivity index (χ2v) is 9.97. The quantitative estimate of drug-likeness (QED) is 0.389. The van der Waals surface area contributed by atoms with Crippen molar-refractivity contribution in [2.24, 2.45) is 0 Å². The maximum Gasteiger partial charge on any atom is 0.417 e. The fourth-order valence-electron chi connectivity index (χ4n) is 4.83. The Kier molecular flexibility index (Phi) is 8.20. The molecule has 0 radical (unpaired) electrons. The van der Waals surface area contributed by atoms with E-state index in [4.69, 9.17) is 0 Å². The number of rotatable bonds is 5. The van der Waals surface area contributed by atoms with Crippen LogP contribution in [0.15, 0.2) is 47.4 Å². The molecule has 0 saturated carbocycles. The number of amides is 2. The van der Waals surface area contributed by atoms with Gasteiger partial charge in [0.05, 0.1) is 28.1 Å². The minimum atomic E-state index is -5.00. The number of piperazine rings is 1. The third-order valence-corrected chi connectivity index (χ3v) is 7.26. The Bertz CT molecular complexity index is 1540. The van der Waals surface area contributed by atoms with Crippen molar-refractivity contribution in [3.8, 4) is 11.1 Å². The number of halogens is 5. The van der Waals surface area contributed by atoms with Crippen molar-refractivity contribution in [3.05, 3.63) is 81.3 Å². The first-order chi connectivity index (χ1) is 19.2. The average Bonchev–Trinajstić information content (AvgIpc) is 2.91. The smallest absolute Gasteiger partial charge is 0.367 e. The van der Waals surface area contributed by atoms with Gasteiger partial charge in [0.15, 0.2) is 0 Å². The first-order valence-electron chi connectivity index (χ1n) is 12.6. The maximum absolute atomic E-state index is 15.6. The summed E-state index contributed by atoms with van der Waals surface area (Å²) >= 11 is 0. The van der Waals surface area contributed by atoms with E-state index in [1.807, 2.05) is 25.8 Å². The lowest BCUT2D eigenvalue weighted by atomic mass is 9.99. The van der Waals surface area contributed by atoms with Gasteiger partial charge in [0.1, 0.15) is 11.6 Å². The highest BCUT2D eigenvalue weighted by Crippen LogP contribution is 2.37. The zero-order valence-electron chi connectivity index (χ0n) is 22.6. The Morgan fingerprint density at radius 3 is 2.20 bits per heavy atom. The summed E-state index contributed by atoms with van der Waals surface area (Å²) in [7, 11) is 3.26. The number of carbonyl (C=O) groups is 2.